The minimum Gasteiger partial charge on any atom is -0.497 e. The maximum absolute atomic E-state index is 5.31. The Balaban J connectivity index is 1.34. The number of methoxy groups -OCH3 is 2. The predicted molar refractivity (Wildman–Crippen MR) is 160 cm³/mol. The van der Waals surface area contributed by atoms with Crippen molar-refractivity contribution in [2.24, 2.45) is 8.73 Å². The van der Waals surface area contributed by atoms with Gasteiger partial charge >= 0.3 is 0 Å². The molecule has 1 aliphatic rings. The normalized spacial score (nSPS) is 12.1. The molecular formula is C28H18N4O2S4. The summed E-state index contributed by atoms with van der Waals surface area (Å²) in [6.45, 7) is 0. The van der Waals surface area contributed by atoms with Crippen molar-refractivity contribution >= 4 is 68.2 Å². The van der Waals surface area contributed by atoms with Crippen LogP contribution < -0.4 is 9.47 Å². The molecule has 0 saturated heterocycles. The van der Waals surface area contributed by atoms with Crippen molar-refractivity contribution in [3.8, 4) is 53.3 Å². The Morgan fingerprint density at radius 1 is 0.526 bits per heavy atom. The Morgan fingerprint density at radius 2 is 0.947 bits per heavy atom. The molecule has 3 aromatic carbocycles. The molecule has 10 heteroatoms. The third-order valence-electron chi connectivity index (χ3n) is 6.38. The minimum atomic E-state index is 0.843. The monoisotopic (exact) mass is 570 g/mol. The lowest BCUT2D eigenvalue weighted by atomic mass is 10.0. The molecule has 38 heavy (non-hydrogen) atoms. The van der Waals surface area contributed by atoms with Crippen LogP contribution in [0, 0.1) is 0 Å². The first-order chi connectivity index (χ1) is 18.7. The number of hydrogen-bond acceptors (Lipinski definition) is 9. The first-order valence-electron chi connectivity index (χ1n) is 11.6. The maximum atomic E-state index is 5.31. The molecule has 0 fully saturated rings. The zero-order valence-electron chi connectivity index (χ0n) is 20.2. The van der Waals surface area contributed by atoms with Gasteiger partial charge in [0, 0.05) is 30.6 Å². The molecule has 0 radical (unpaired) electrons. The van der Waals surface area contributed by atoms with Gasteiger partial charge in [-0.15, -0.1) is 22.7 Å². The molecule has 0 N–H and O–H groups in total. The number of hydrogen-bond donors (Lipinski definition) is 0. The Labute approximate surface area is 234 Å². The molecule has 3 aromatic heterocycles. The van der Waals surface area contributed by atoms with Gasteiger partial charge in [-0.1, -0.05) is 0 Å². The Kier molecular flexibility index (Phi) is 5.89. The van der Waals surface area contributed by atoms with Gasteiger partial charge in [0.15, 0.2) is 0 Å². The molecule has 6 aromatic rings. The molecule has 0 unspecified atom stereocenters. The predicted octanol–water partition coefficient (Wildman–Crippen LogP) is 9.23. The van der Waals surface area contributed by atoms with Crippen LogP contribution in [0.4, 0.5) is 11.4 Å². The largest absolute Gasteiger partial charge is 0.497 e. The van der Waals surface area contributed by atoms with Crippen LogP contribution in [0.1, 0.15) is 0 Å². The van der Waals surface area contributed by atoms with Crippen LogP contribution in [0.3, 0.4) is 0 Å². The summed E-state index contributed by atoms with van der Waals surface area (Å²) in [6.07, 6.45) is 0. The first-order valence-corrected chi connectivity index (χ1v) is 14.7. The van der Waals surface area contributed by atoms with Crippen molar-refractivity contribution in [3.05, 3.63) is 72.8 Å². The second kappa shape index (κ2) is 9.55. The lowest BCUT2D eigenvalue weighted by molar-refractivity contribution is 0.415. The van der Waals surface area contributed by atoms with Crippen LogP contribution in [0.15, 0.2) is 81.5 Å². The van der Waals surface area contributed by atoms with Crippen LogP contribution in [-0.4, -0.2) is 23.0 Å². The first kappa shape index (κ1) is 23.4. The smallest absolute Gasteiger partial charge is 0.118 e. The number of thiophene rings is 2. The lowest BCUT2D eigenvalue weighted by Crippen LogP contribution is -1.85. The van der Waals surface area contributed by atoms with Gasteiger partial charge < -0.3 is 9.47 Å². The van der Waals surface area contributed by atoms with Gasteiger partial charge in [-0.25, -0.2) is 0 Å². The Hall–Kier alpha value is -3.70. The molecule has 1 aliphatic heterocycles. The highest BCUT2D eigenvalue weighted by Gasteiger charge is 2.27. The summed E-state index contributed by atoms with van der Waals surface area (Å²) in [5.74, 6) is 1.69. The fourth-order valence-corrected chi connectivity index (χ4v) is 7.73. The number of fused-ring (bicyclic) bond motifs is 2. The molecule has 7 rings (SSSR count). The second-order valence-corrected chi connectivity index (χ2v) is 11.7. The number of benzene rings is 3. The molecule has 0 aliphatic carbocycles. The van der Waals surface area contributed by atoms with Gasteiger partial charge in [0.05, 0.1) is 37.3 Å². The van der Waals surface area contributed by atoms with Gasteiger partial charge in [-0.2, -0.15) is 17.5 Å². The topological polar surface area (TPSA) is 69.0 Å². The van der Waals surface area contributed by atoms with E-state index in [1.165, 1.54) is 32.8 Å². The van der Waals surface area contributed by atoms with Gasteiger partial charge in [-0.3, -0.25) is 0 Å². The van der Waals surface area contributed by atoms with Crippen LogP contribution in [0.5, 0.6) is 11.5 Å². The van der Waals surface area contributed by atoms with E-state index >= 15 is 0 Å². The van der Waals surface area contributed by atoms with Gasteiger partial charge in [0.25, 0.3) is 0 Å². The third kappa shape index (κ3) is 3.88. The van der Waals surface area contributed by atoms with Gasteiger partial charge in [0.2, 0.25) is 0 Å². The van der Waals surface area contributed by atoms with E-state index in [2.05, 4.69) is 48.5 Å². The van der Waals surface area contributed by atoms with E-state index in [4.69, 9.17) is 26.9 Å². The zero-order valence-corrected chi connectivity index (χ0v) is 23.4. The number of nitrogens with zero attached hydrogens (tertiary/aromatic N) is 4. The minimum absolute atomic E-state index is 0.843. The molecule has 0 atom stereocenters. The average Bonchev–Trinajstić information content (AvgIpc) is 3.79. The van der Waals surface area contributed by atoms with E-state index in [-0.39, 0.29) is 0 Å². The van der Waals surface area contributed by atoms with Crippen LogP contribution in [-0.2, 0) is 11.4 Å². The van der Waals surface area contributed by atoms with E-state index in [0.717, 1.165) is 65.9 Å². The molecule has 0 bridgehead atoms. The van der Waals surface area contributed by atoms with Crippen molar-refractivity contribution in [3.63, 3.8) is 0 Å². The summed E-state index contributed by atoms with van der Waals surface area (Å²) in [7, 11) is 3.36. The van der Waals surface area contributed by atoms with E-state index in [0.29, 0.717) is 0 Å². The van der Waals surface area contributed by atoms with E-state index in [1.54, 1.807) is 36.9 Å². The number of aromatic nitrogens is 2. The number of rotatable bonds is 6. The summed E-state index contributed by atoms with van der Waals surface area (Å²) in [5, 5.41) is 0. The summed E-state index contributed by atoms with van der Waals surface area (Å²) < 4.78 is 29.6. The molecule has 0 amide bonds. The van der Waals surface area contributed by atoms with Crippen molar-refractivity contribution in [2.75, 3.05) is 14.2 Å². The highest BCUT2D eigenvalue weighted by atomic mass is 32.1. The standard InChI is InChI=1S/C28H18N4O2S4/c1-33-17-7-3-15(4-8-17)19-11-13-21(35-19)23-25-27(31-37-29-25)24(28-26(23)30-38-32-28)22-14-12-20(36-22)16-5-9-18(34-2)10-6-16/h3-14H,1-2H3. The van der Waals surface area contributed by atoms with E-state index in [9.17, 15) is 0 Å². The van der Waals surface area contributed by atoms with Crippen molar-refractivity contribution in [1.29, 1.82) is 0 Å². The lowest BCUT2D eigenvalue weighted by Gasteiger charge is -2.09. The zero-order chi connectivity index (χ0) is 25.6. The molecule has 6 nitrogen and oxygen atoms in total. The molecular weight excluding hydrogens is 553 g/mol. The van der Waals surface area contributed by atoms with Crippen molar-refractivity contribution in [2.45, 2.75) is 0 Å². The SMILES string of the molecule is COc1ccc(-c2ccc(-c3c4c(c(-c5ccc(-c6ccc(OC)cc6)s5)c5nsnc35)N=S=N4)s2)cc1. The highest BCUT2D eigenvalue weighted by Crippen LogP contribution is 2.54. The third-order valence-corrected chi connectivity index (χ3v) is 9.74. The van der Waals surface area contributed by atoms with E-state index in [1.807, 2.05) is 24.3 Å². The molecule has 186 valence electrons. The summed E-state index contributed by atoms with van der Waals surface area (Å²) in [6, 6.07) is 24.8. The number of ether oxygens (including phenoxy) is 2. The van der Waals surface area contributed by atoms with Crippen LogP contribution >= 0.6 is 34.4 Å². The summed E-state index contributed by atoms with van der Waals surface area (Å²) in [4.78, 5) is 4.54. The maximum Gasteiger partial charge on any atom is 0.118 e. The summed E-state index contributed by atoms with van der Waals surface area (Å²) in [5.41, 5.74) is 7.75. The van der Waals surface area contributed by atoms with Crippen LogP contribution in [0.2, 0.25) is 0 Å². The Bertz CT molecular complexity index is 1750. The van der Waals surface area contributed by atoms with Gasteiger partial charge in [-0.05, 0) is 83.9 Å². The van der Waals surface area contributed by atoms with Crippen molar-refractivity contribution in [1.82, 2.24) is 8.75 Å². The molecule has 4 heterocycles. The summed E-state index contributed by atoms with van der Waals surface area (Å²) >= 11 is 5.90. The van der Waals surface area contributed by atoms with Gasteiger partial charge in [0.1, 0.15) is 33.9 Å². The van der Waals surface area contributed by atoms with E-state index < -0.39 is 0 Å². The molecule has 0 saturated carbocycles. The highest BCUT2D eigenvalue weighted by molar-refractivity contribution is 7.58. The molecule has 0 spiro atoms. The quantitative estimate of drug-likeness (QED) is 0.200. The van der Waals surface area contributed by atoms with Crippen molar-refractivity contribution < 1.29 is 9.47 Å². The fourth-order valence-electron chi connectivity index (χ4n) is 4.49. The fraction of sp³-hybridized carbons (Fsp3) is 0.0714. The Morgan fingerprint density at radius 3 is 1.37 bits per heavy atom. The second-order valence-electron chi connectivity index (χ2n) is 8.46. The average molecular weight is 571 g/mol. The van der Waals surface area contributed by atoms with Crippen LogP contribution in [0.25, 0.3) is 52.8 Å².